The third-order valence-corrected chi connectivity index (χ3v) is 4.58. The van der Waals surface area contributed by atoms with E-state index in [0.717, 1.165) is 10.0 Å². The minimum absolute atomic E-state index is 0.0132. The first-order chi connectivity index (χ1) is 12.1. The molecule has 1 fully saturated rings. The van der Waals surface area contributed by atoms with Crippen LogP contribution >= 0.6 is 15.9 Å². The molecule has 0 radical (unpaired) electrons. The van der Waals surface area contributed by atoms with Gasteiger partial charge < -0.3 is 14.4 Å². The van der Waals surface area contributed by atoms with Gasteiger partial charge in [0.15, 0.2) is 5.75 Å². The van der Waals surface area contributed by atoms with Crippen LogP contribution in [0.2, 0.25) is 0 Å². The molecule has 1 heterocycles. The Balaban J connectivity index is 1.91. The third-order valence-electron chi connectivity index (χ3n) is 4.09. The van der Waals surface area contributed by atoms with E-state index in [0.29, 0.717) is 37.7 Å². The fourth-order valence-corrected chi connectivity index (χ4v) is 3.41. The summed E-state index contributed by atoms with van der Waals surface area (Å²) in [7, 11) is 0. The van der Waals surface area contributed by atoms with E-state index >= 15 is 0 Å². The van der Waals surface area contributed by atoms with Crippen molar-refractivity contribution in [2.45, 2.75) is 13.0 Å². The van der Waals surface area contributed by atoms with Gasteiger partial charge in [-0.25, -0.2) is 0 Å². The van der Waals surface area contributed by atoms with Crippen molar-refractivity contribution in [2.24, 2.45) is 0 Å². The van der Waals surface area contributed by atoms with Crippen LogP contribution in [0.15, 0.2) is 46.9 Å². The molecule has 1 saturated heterocycles. The van der Waals surface area contributed by atoms with Crippen molar-refractivity contribution < 1.29 is 14.4 Å². The lowest BCUT2D eigenvalue weighted by Crippen LogP contribution is -2.38. The highest BCUT2D eigenvalue weighted by molar-refractivity contribution is 9.10. The summed E-state index contributed by atoms with van der Waals surface area (Å²) in [5, 5.41) is 11.6. The van der Waals surface area contributed by atoms with Crippen LogP contribution in [-0.4, -0.2) is 31.2 Å². The van der Waals surface area contributed by atoms with E-state index in [4.69, 9.17) is 9.47 Å². The molecule has 7 heteroatoms. The van der Waals surface area contributed by atoms with E-state index in [1.807, 2.05) is 36.1 Å². The molecule has 2 aromatic rings. The average molecular weight is 407 g/mol. The molecule has 1 aliphatic rings. The van der Waals surface area contributed by atoms with E-state index in [2.05, 4.69) is 15.9 Å². The fraction of sp³-hybridized carbons (Fsp3) is 0.333. The zero-order chi connectivity index (χ0) is 17.8. The van der Waals surface area contributed by atoms with Gasteiger partial charge in [-0.1, -0.05) is 34.1 Å². The number of para-hydroxylation sites is 1. The summed E-state index contributed by atoms with van der Waals surface area (Å²) in [6.45, 7) is 3.85. The minimum atomic E-state index is -0.371. The van der Waals surface area contributed by atoms with Crippen LogP contribution in [0.25, 0.3) is 0 Å². The van der Waals surface area contributed by atoms with Crippen LogP contribution in [0, 0.1) is 10.1 Å². The number of benzene rings is 2. The van der Waals surface area contributed by atoms with E-state index in [1.165, 1.54) is 0 Å². The number of ether oxygens (including phenoxy) is 2. The summed E-state index contributed by atoms with van der Waals surface area (Å²) >= 11 is 3.47. The predicted octanol–water partition coefficient (Wildman–Crippen LogP) is 4.33. The minimum Gasteiger partial charge on any atom is -0.487 e. The normalized spacial score (nSPS) is 17.4. The first-order valence-corrected chi connectivity index (χ1v) is 8.91. The van der Waals surface area contributed by atoms with E-state index in [-0.39, 0.29) is 16.7 Å². The van der Waals surface area contributed by atoms with Gasteiger partial charge >= 0.3 is 5.69 Å². The molecule has 0 aliphatic carbocycles. The van der Waals surface area contributed by atoms with E-state index < -0.39 is 0 Å². The second kappa shape index (κ2) is 7.84. The zero-order valence-corrected chi connectivity index (χ0v) is 15.4. The third kappa shape index (κ3) is 3.93. The SMILES string of the molecule is CCOc1cccc(N2CCOC(c3cccc(Br)c3)C2)c1[N+](=O)[O-]. The Kier molecular flexibility index (Phi) is 5.55. The van der Waals surface area contributed by atoms with Crippen molar-refractivity contribution in [3.8, 4) is 5.75 Å². The largest absolute Gasteiger partial charge is 0.487 e. The number of nitrogens with zero attached hydrogens (tertiary/aromatic N) is 2. The van der Waals surface area contributed by atoms with Crippen molar-refractivity contribution in [3.05, 3.63) is 62.6 Å². The predicted molar refractivity (Wildman–Crippen MR) is 99.3 cm³/mol. The maximum absolute atomic E-state index is 11.6. The molecule has 0 N–H and O–H groups in total. The first-order valence-electron chi connectivity index (χ1n) is 8.12. The number of rotatable bonds is 5. The first kappa shape index (κ1) is 17.7. The van der Waals surface area contributed by atoms with Crippen LogP contribution in [0.1, 0.15) is 18.6 Å². The second-order valence-corrected chi connectivity index (χ2v) is 6.59. The number of hydrogen-bond donors (Lipinski definition) is 0. The van der Waals surface area contributed by atoms with Crippen LogP contribution in [0.5, 0.6) is 5.75 Å². The number of nitro benzene ring substituents is 1. The van der Waals surface area contributed by atoms with Crippen molar-refractivity contribution in [1.82, 2.24) is 0 Å². The van der Waals surface area contributed by atoms with Gasteiger partial charge in [0.2, 0.25) is 0 Å². The Bertz CT molecular complexity index is 768. The number of hydrogen-bond acceptors (Lipinski definition) is 5. The summed E-state index contributed by atoms with van der Waals surface area (Å²) in [5.74, 6) is 0.301. The highest BCUT2D eigenvalue weighted by Crippen LogP contribution is 2.39. The van der Waals surface area contributed by atoms with Crippen LogP contribution in [0.3, 0.4) is 0 Å². The topological polar surface area (TPSA) is 64.8 Å². The van der Waals surface area contributed by atoms with E-state index in [9.17, 15) is 10.1 Å². The fourth-order valence-electron chi connectivity index (χ4n) is 3.00. The maximum Gasteiger partial charge on any atom is 0.333 e. The van der Waals surface area contributed by atoms with Crippen molar-refractivity contribution in [1.29, 1.82) is 0 Å². The summed E-state index contributed by atoms with van der Waals surface area (Å²) in [5.41, 5.74) is 1.63. The molecule has 25 heavy (non-hydrogen) atoms. The lowest BCUT2D eigenvalue weighted by Gasteiger charge is -2.34. The van der Waals surface area contributed by atoms with Gasteiger partial charge in [-0.15, -0.1) is 0 Å². The summed E-state index contributed by atoms with van der Waals surface area (Å²) in [6.07, 6.45) is -0.137. The molecule has 6 nitrogen and oxygen atoms in total. The number of anilines is 1. The Morgan fingerprint density at radius 3 is 2.88 bits per heavy atom. The molecule has 0 aromatic heterocycles. The lowest BCUT2D eigenvalue weighted by atomic mass is 10.1. The molecule has 2 aromatic carbocycles. The lowest BCUT2D eigenvalue weighted by molar-refractivity contribution is -0.385. The van der Waals surface area contributed by atoms with Crippen LogP contribution < -0.4 is 9.64 Å². The van der Waals surface area contributed by atoms with Crippen molar-refractivity contribution in [2.75, 3.05) is 31.2 Å². The maximum atomic E-state index is 11.6. The van der Waals surface area contributed by atoms with Gasteiger partial charge in [0.05, 0.1) is 18.1 Å². The van der Waals surface area contributed by atoms with Gasteiger partial charge in [-0.2, -0.15) is 0 Å². The monoisotopic (exact) mass is 406 g/mol. The summed E-state index contributed by atoms with van der Waals surface area (Å²) in [4.78, 5) is 13.2. The molecule has 132 valence electrons. The highest BCUT2D eigenvalue weighted by atomic mass is 79.9. The Hall–Kier alpha value is -2.12. The zero-order valence-electron chi connectivity index (χ0n) is 13.9. The number of halogens is 1. The van der Waals surface area contributed by atoms with Gasteiger partial charge in [-0.3, -0.25) is 10.1 Å². The summed E-state index contributed by atoms with van der Waals surface area (Å²) < 4.78 is 12.3. The highest BCUT2D eigenvalue weighted by Gasteiger charge is 2.29. The molecule has 1 atom stereocenters. The summed E-state index contributed by atoms with van der Waals surface area (Å²) in [6, 6.07) is 13.1. The molecule has 0 amide bonds. The Morgan fingerprint density at radius 1 is 1.36 bits per heavy atom. The van der Waals surface area contributed by atoms with Crippen LogP contribution in [0.4, 0.5) is 11.4 Å². The van der Waals surface area contributed by atoms with Gasteiger partial charge in [0.25, 0.3) is 0 Å². The van der Waals surface area contributed by atoms with Gasteiger partial charge in [-0.05, 0) is 36.8 Å². The van der Waals surface area contributed by atoms with Gasteiger partial charge in [0, 0.05) is 17.6 Å². The smallest absolute Gasteiger partial charge is 0.333 e. The standard InChI is InChI=1S/C18H19BrN2O4/c1-2-24-16-8-4-7-15(18(16)21(22)23)20-9-10-25-17(12-20)13-5-3-6-14(19)11-13/h3-8,11,17H,2,9-10,12H2,1H3. The van der Waals surface area contributed by atoms with Crippen LogP contribution in [-0.2, 0) is 4.74 Å². The Labute approximate surface area is 154 Å². The molecule has 0 spiro atoms. The molecule has 0 saturated carbocycles. The Morgan fingerprint density at radius 2 is 2.16 bits per heavy atom. The van der Waals surface area contributed by atoms with E-state index in [1.54, 1.807) is 18.2 Å². The molecule has 0 bridgehead atoms. The molecule has 3 rings (SSSR count). The van der Waals surface area contributed by atoms with Crippen molar-refractivity contribution >= 4 is 27.3 Å². The molecule has 1 unspecified atom stereocenters. The van der Waals surface area contributed by atoms with Gasteiger partial charge in [0.1, 0.15) is 11.8 Å². The molecule has 1 aliphatic heterocycles. The second-order valence-electron chi connectivity index (χ2n) is 5.67. The molecular weight excluding hydrogens is 388 g/mol. The number of nitro groups is 1. The quantitative estimate of drug-likeness (QED) is 0.545. The average Bonchev–Trinajstić information content (AvgIpc) is 2.62. The molecular formula is C18H19BrN2O4. The number of morpholine rings is 1. The van der Waals surface area contributed by atoms with Crippen molar-refractivity contribution in [3.63, 3.8) is 0 Å².